The first-order chi connectivity index (χ1) is 8.35. The third-order valence-electron chi connectivity index (χ3n) is 2.83. The van der Waals surface area contributed by atoms with Crippen LogP contribution in [0.25, 0.3) is 0 Å². The van der Waals surface area contributed by atoms with Crippen LogP contribution in [0, 0.1) is 0 Å². The first kappa shape index (κ1) is 12.0. The second-order valence-corrected chi connectivity index (χ2v) is 3.99. The Morgan fingerprint density at radius 1 is 1.35 bits per heavy atom. The number of nitrogens with one attached hydrogen (secondary N) is 1. The van der Waals surface area contributed by atoms with Crippen molar-refractivity contribution < 1.29 is 9.47 Å². The van der Waals surface area contributed by atoms with E-state index in [0.717, 1.165) is 29.9 Å². The molecular formula is C13H18N2O2. The molecule has 1 aliphatic heterocycles. The number of hydrogen-bond donors (Lipinski definition) is 2. The molecule has 0 aromatic heterocycles. The van der Waals surface area contributed by atoms with E-state index in [4.69, 9.17) is 15.3 Å². The van der Waals surface area contributed by atoms with Gasteiger partial charge in [-0.3, -0.25) is 11.3 Å². The molecule has 0 bridgehead atoms. The molecule has 1 heterocycles. The van der Waals surface area contributed by atoms with Crippen LogP contribution in [-0.2, 0) is 0 Å². The van der Waals surface area contributed by atoms with Crippen molar-refractivity contribution in [1.82, 2.24) is 5.43 Å². The van der Waals surface area contributed by atoms with E-state index in [0.29, 0.717) is 13.2 Å². The number of ether oxygens (including phenoxy) is 2. The topological polar surface area (TPSA) is 56.5 Å². The molecule has 1 aromatic rings. The molecule has 4 nitrogen and oxygen atoms in total. The fourth-order valence-electron chi connectivity index (χ4n) is 1.91. The Kier molecular flexibility index (Phi) is 4.01. The Balaban J connectivity index is 2.16. The zero-order chi connectivity index (χ0) is 12.1. The largest absolute Gasteiger partial charge is 0.486 e. The van der Waals surface area contributed by atoms with Crippen LogP contribution in [0.2, 0.25) is 0 Å². The molecule has 17 heavy (non-hydrogen) atoms. The van der Waals surface area contributed by atoms with Crippen molar-refractivity contribution in [3.63, 3.8) is 0 Å². The SMILES string of the molecule is C=CCCC(NN)c1ccc2c(c1)OCCO2. The number of rotatable bonds is 5. The predicted octanol–water partition coefficient (Wildman–Crippen LogP) is 1.93. The summed E-state index contributed by atoms with van der Waals surface area (Å²) < 4.78 is 11.0. The molecule has 1 aromatic carbocycles. The molecule has 0 saturated carbocycles. The number of hydrogen-bond acceptors (Lipinski definition) is 4. The highest BCUT2D eigenvalue weighted by molar-refractivity contribution is 5.44. The number of benzene rings is 1. The van der Waals surface area contributed by atoms with Crippen LogP contribution in [0.15, 0.2) is 30.9 Å². The molecule has 0 fully saturated rings. The van der Waals surface area contributed by atoms with Gasteiger partial charge in [-0.25, -0.2) is 0 Å². The minimum atomic E-state index is 0.115. The van der Waals surface area contributed by atoms with Gasteiger partial charge >= 0.3 is 0 Å². The molecule has 0 radical (unpaired) electrons. The molecule has 1 atom stereocenters. The van der Waals surface area contributed by atoms with Crippen molar-refractivity contribution in [1.29, 1.82) is 0 Å². The number of allylic oxidation sites excluding steroid dienone is 1. The summed E-state index contributed by atoms with van der Waals surface area (Å²) in [6.45, 7) is 4.93. The molecular weight excluding hydrogens is 216 g/mol. The van der Waals surface area contributed by atoms with Crippen LogP contribution in [0.5, 0.6) is 11.5 Å². The summed E-state index contributed by atoms with van der Waals surface area (Å²) in [5.74, 6) is 7.17. The summed E-state index contributed by atoms with van der Waals surface area (Å²) in [5, 5.41) is 0. The molecule has 0 saturated heterocycles. The lowest BCUT2D eigenvalue weighted by molar-refractivity contribution is 0.171. The summed E-state index contributed by atoms with van der Waals surface area (Å²) in [6, 6.07) is 6.05. The van der Waals surface area contributed by atoms with Gasteiger partial charge in [0.2, 0.25) is 0 Å². The average Bonchev–Trinajstić information content (AvgIpc) is 2.39. The molecule has 92 valence electrons. The lowest BCUT2D eigenvalue weighted by Crippen LogP contribution is -2.28. The van der Waals surface area contributed by atoms with Crippen molar-refractivity contribution in [2.45, 2.75) is 18.9 Å². The molecule has 0 aliphatic carbocycles. The van der Waals surface area contributed by atoms with E-state index in [2.05, 4.69) is 12.0 Å². The van der Waals surface area contributed by atoms with Crippen molar-refractivity contribution in [2.75, 3.05) is 13.2 Å². The van der Waals surface area contributed by atoms with Crippen LogP contribution in [0.4, 0.5) is 0 Å². The van der Waals surface area contributed by atoms with Gasteiger partial charge in [0.25, 0.3) is 0 Å². The molecule has 2 rings (SSSR count). The van der Waals surface area contributed by atoms with Gasteiger partial charge in [-0.2, -0.15) is 0 Å². The second-order valence-electron chi connectivity index (χ2n) is 3.99. The monoisotopic (exact) mass is 234 g/mol. The van der Waals surface area contributed by atoms with E-state index >= 15 is 0 Å². The smallest absolute Gasteiger partial charge is 0.161 e. The van der Waals surface area contributed by atoms with Gasteiger partial charge in [0.05, 0.1) is 0 Å². The third-order valence-corrected chi connectivity index (χ3v) is 2.83. The summed E-state index contributed by atoms with van der Waals surface area (Å²) in [7, 11) is 0. The van der Waals surface area contributed by atoms with Crippen LogP contribution in [0.3, 0.4) is 0 Å². The maximum atomic E-state index is 5.57. The molecule has 0 spiro atoms. The predicted molar refractivity (Wildman–Crippen MR) is 66.9 cm³/mol. The van der Waals surface area contributed by atoms with Gasteiger partial charge in [-0.1, -0.05) is 12.1 Å². The maximum Gasteiger partial charge on any atom is 0.161 e. The highest BCUT2D eigenvalue weighted by Crippen LogP contribution is 2.33. The first-order valence-electron chi connectivity index (χ1n) is 5.81. The number of fused-ring (bicyclic) bond motifs is 1. The number of nitrogens with two attached hydrogens (primary N) is 1. The minimum absolute atomic E-state index is 0.115. The summed E-state index contributed by atoms with van der Waals surface area (Å²) in [6.07, 6.45) is 3.73. The Morgan fingerprint density at radius 3 is 2.82 bits per heavy atom. The van der Waals surface area contributed by atoms with Crippen LogP contribution < -0.4 is 20.7 Å². The lowest BCUT2D eigenvalue weighted by atomic mass is 10.0. The standard InChI is InChI=1S/C13H18N2O2/c1-2-3-4-11(15-14)10-5-6-12-13(9-10)17-8-7-16-12/h2,5-6,9,11,15H,1,3-4,7-8,14H2. The Bertz CT molecular complexity index is 393. The van der Waals surface area contributed by atoms with Gasteiger partial charge < -0.3 is 9.47 Å². The van der Waals surface area contributed by atoms with Crippen molar-refractivity contribution in [3.05, 3.63) is 36.4 Å². The van der Waals surface area contributed by atoms with Gasteiger partial charge in [-0.15, -0.1) is 6.58 Å². The highest BCUT2D eigenvalue weighted by Gasteiger charge is 2.15. The molecule has 0 amide bonds. The summed E-state index contributed by atoms with van der Waals surface area (Å²) in [5.41, 5.74) is 3.93. The maximum absolute atomic E-state index is 5.57. The third kappa shape index (κ3) is 2.78. The summed E-state index contributed by atoms with van der Waals surface area (Å²) in [4.78, 5) is 0. The van der Waals surface area contributed by atoms with E-state index in [9.17, 15) is 0 Å². The Morgan fingerprint density at radius 2 is 2.12 bits per heavy atom. The van der Waals surface area contributed by atoms with Gasteiger partial charge in [0, 0.05) is 6.04 Å². The van der Waals surface area contributed by atoms with Gasteiger partial charge in [0.1, 0.15) is 13.2 Å². The van der Waals surface area contributed by atoms with Crippen molar-refractivity contribution in [2.24, 2.45) is 5.84 Å². The fraction of sp³-hybridized carbons (Fsp3) is 0.385. The zero-order valence-corrected chi connectivity index (χ0v) is 9.82. The highest BCUT2D eigenvalue weighted by atomic mass is 16.6. The molecule has 3 N–H and O–H groups in total. The summed E-state index contributed by atoms with van der Waals surface area (Å²) >= 11 is 0. The van der Waals surface area contributed by atoms with Gasteiger partial charge in [-0.05, 0) is 30.5 Å². The lowest BCUT2D eigenvalue weighted by Gasteiger charge is -2.21. The van der Waals surface area contributed by atoms with E-state index in [1.165, 1.54) is 0 Å². The Hall–Kier alpha value is -1.52. The van der Waals surface area contributed by atoms with E-state index in [1.54, 1.807) is 0 Å². The zero-order valence-electron chi connectivity index (χ0n) is 9.82. The van der Waals surface area contributed by atoms with Crippen LogP contribution in [0.1, 0.15) is 24.4 Å². The number of hydrazine groups is 1. The van der Waals surface area contributed by atoms with E-state index < -0.39 is 0 Å². The Labute approximate surface area is 101 Å². The quantitative estimate of drug-likeness (QED) is 0.464. The normalized spacial score (nSPS) is 15.4. The first-order valence-corrected chi connectivity index (χ1v) is 5.81. The molecule has 1 unspecified atom stereocenters. The van der Waals surface area contributed by atoms with Crippen molar-refractivity contribution >= 4 is 0 Å². The van der Waals surface area contributed by atoms with E-state index in [1.807, 2.05) is 24.3 Å². The van der Waals surface area contributed by atoms with Gasteiger partial charge in [0.15, 0.2) is 11.5 Å². The molecule has 1 aliphatic rings. The van der Waals surface area contributed by atoms with Crippen molar-refractivity contribution in [3.8, 4) is 11.5 Å². The second kappa shape index (κ2) is 5.70. The average molecular weight is 234 g/mol. The minimum Gasteiger partial charge on any atom is -0.486 e. The van der Waals surface area contributed by atoms with Crippen LogP contribution in [-0.4, -0.2) is 13.2 Å². The van der Waals surface area contributed by atoms with E-state index in [-0.39, 0.29) is 6.04 Å². The molecule has 4 heteroatoms. The van der Waals surface area contributed by atoms with Crippen LogP contribution >= 0.6 is 0 Å². The fourth-order valence-corrected chi connectivity index (χ4v) is 1.91.